The minimum Gasteiger partial charge on any atom is -0.390 e. The average Bonchev–Trinajstić information content (AvgIpc) is 3.13. The molecule has 1 fully saturated rings. The maximum Gasteiger partial charge on any atom is 0.330 e. The maximum atomic E-state index is 12.3. The molecule has 1 aliphatic heterocycles. The number of benzene rings is 2. The molecule has 1 aliphatic rings. The van der Waals surface area contributed by atoms with Crippen LogP contribution in [0.1, 0.15) is 23.8 Å². The van der Waals surface area contributed by atoms with Crippen LogP contribution in [0.2, 0.25) is 0 Å². The summed E-state index contributed by atoms with van der Waals surface area (Å²) < 4.78 is 6.97. The van der Waals surface area contributed by atoms with Gasteiger partial charge in [0.25, 0.3) is 5.56 Å². The number of hydrogen-bond donors (Lipinski definition) is 3. The number of amides is 1. The molecule has 0 saturated carbocycles. The number of carbonyl (C=O) groups excluding carboxylic acids is 1. The number of nitrogens with zero attached hydrogens (tertiary/aromatic N) is 1. The van der Waals surface area contributed by atoms with Crippen molar-refractivity contribution in [1.82, 2.24) is 14.9 Å². The molecule has 0 unspecified atom stereocenters. The number of aryl methyl sites for hydroxylation is 1. The van der Waals surface area contributed by atoms with Crippen LogP contribution in [-0.4, -0.2) is 32.8 Å². The fraction of sp³-hybridized carbons (Fsp3) is 0.261. The van der Waals surface area contributed by atoms with Crippen molar-refractivity contribution < 1.29 is 14.6 Å². The van der Waals surface area contributed by atoms with E-state index in [1.165, 1.54) is 22.9 Å². The Bertz CT molecular complexity index is 1250. The summed E-state index contributed by atoms with van der Waals surface area (Å²) in [4.78, 5) is 38.1. The standard InChI is InChI=1S/C23H23N3O5/c1-14-13-26(23(30)25-22(14)29)21-11-18(27)19(31-21)9-10-20(28)24-12-16-7-4-6-15-5-2-3-8-17(15)16/h2-10,13,18-19,21,27H,11-12H2,1H3,(H,24,28)(H,25,29,30)/b10-9+/t18-,19+,21+/m0/s1. The highest BCUT2D eigenvalue weighted by atomic mass is 16.5. The first-order valence-electron chi connectivity index (χ1n) is 10.0. The monoisotopic (exact) mass is 421 g/mol. The summed E-state index contributed by atoms with van der Waals surface area (Å²) >= 11 is 0. The summed E-state index contributed by atoms with van der Waals surface area (Å²) in [6, 6.07) is 13.9. The van der Waals surface area contributed by atoms with Gasteiger partial charge >= 0.3 is 5.69 Å². The third kappa shape index (κ3) is 4.50. The second-order valence-electron chi connectivity index (χ2n) is 7.55. The summed E-state index contributed by atoms with van der Waals surface area (Å²) in [6.07, 6.45) is 2.01. The number of aromatic nitrogens is 2. The molecule has 3 N–H and O–H groups in total. The number of aliphatic hydroxyl groups excluding tert-OH is 1. The number of carbonyl (C=O) groups is 1. The first kappa shape index (κ1) is 20.8. The summed E-state index contributed by atoms with van der Waals surface area (Å²) in [6.45, 7) is 1.95. The van der Waals surface area contributed by atoms with Gasteiger partial charge in [0.05, 0.1) is 6.10 Å². The van der Waals surface area contributed by atoms with E-state index in [9.17, 15) is 19.5 Å². The van der Waals surface area contributed by atoms with Gasteiger partial charge in [-0.15, -0.1) is 0 Å². The van der Waals surface area contributed by atoms with E-state index in [1.807, 2.05) is 42.5 Å². The fourth-order valence-corrected chi connectivity index (χ4v) is 3.69. The smallest absolute Gasteiger partial charge is 0.330 e. The van der Waals surface area contributed by atoms with E-state index in [-0.39, 0.29) is 12.3 Å². The van der Waals surface area contributed by atoms with E-state index < -0.39 is 29.7 Å². The van der Waals surface area contributed by atoms with Gasteiger partial charge in [-0.05, 0) is 29.3 Å². The Labute approximate surface area is 177 Å². The topological polar surface area (TPSA) is 113 Å². The summed E-state index contributed by atoms with van der Waals surface area (Å²) in [5.41, 5.74) is 0.304. The van der Waals surface area contributed by atoms with Gasteiger partial charge in [0.2, 0.25) is 5.91 Å². The largest absolute Gasteiger partial charge is 0.390 e. The molecule has 1 saturated heterocycles. The Morgan fingerprint density at radius 2 is 2.03 bits per heavy atom. The molecular weight excluding hydrogens is 398 g/mol. The van der Waals surface area contributed by atoms with Crippen LogP contribution < -0.4 is 16.6 Å². The van der Waals surface area contributed by atoms with E-state index >= 15 is 0 Å². The predicted molar refractivity (Wildman–Crippen MR) is 116 cm³/mol. The van der Waals surface area contributed by atoms with Gasteiger partial charge in [0, 0.05) is 30.8 Å². The fourth-order valence-electron chi connectivity index (χ4n) is 3.69. The molecule has 0 radical (unpaired) electrons. The number of nitrogens with one attached hydrogen (secondary N) is 2. The lowest BCUT2D eigenvalue weighted by molar-refractivity contribution is -0.116. The lowest BCUT2D eigenvalue weighted by atomic mass is 10.0. The Morgan fingerprint density at radius 3 is 2.87 bits per heavy atom. The van der Waals surface area contributed by atoms with E-state index in [1.54, 1.807) is 6.92 Å². The molecular formula is C23H23N3O5. The number of H-pyrrole nitrogens is 1. The van der Waals surface area contributed by atoms with Crippen molar-refractivity contribution in [1.29, 1.82) is 0 Å². The minimum atomic E-state index is -0.883. The molecule has 0 spiro atoms. The van der Waals surface area contributed by atoms with Crippen molar-refractivity contribution in [3.63, 3.8) is 0 Å². The quantitative estimate of drug-likeness (QED) is 0.541. The Hall–Kier alpha value is -3.49. The highest BCUT2D eigenvalue weighted by Crippen LogP contribution is 2.28. The van der Waals surface area contributed by atoms with Crippen molar-refractivity contribution in [2.45, 2.75) is 38.3 Å². The molecule has 4 rings (SSSR count). The van der Waals surface area contributed by atoms with Crippen LogP contribution in [0.4, 0.5) is 0 Å². The van der Waals surface area contributed by atoms with Gasteiger partial charge in [-0.25, -0.2) is 4.79 Å². The third-order valence-corrected chi connectivity index (χ3v) is 5.36. The molecule has 1 aromatic heterocycles. The third-order valence-electron chi connectivity index (χ3n) is 5.36. The Morgan fingerprint density at radius 1 is 1.26 bits per heavy atom. The van der Waals surface area contributed by atoms with Crippen LogP contribution in [-0.2, 0) is 16.1 Å². The number of rotatable bonds is 5. The van der Waals surface area contributed by atoms with Crippen molar-refractivity contribution >= 4 is 16.7 Å². The van der Waals surface area contributed by atoms with Crippen molar-refractivity contribution in [2.75, 3.05) is 0 Å². The molecule has 2 heterocycles. The Balaban J connectivity index is 1.39. The molecule has 8 nitrogen and oxygen atoms in total. The summed E-state index contributed by atoms with van der Waals surface area (Å²) in [5, 5.41) is 15.3. The number of aromatic amines is 1. The Kier molecular flexibility index (Phi) is 5.83. The number of ether oxygens (including phenoxy) is 1. The van der Waals surface area contributed by atoms with Gasteiger partial charge in [-0.1, -0.05) is 42.5 Å². The van der Waals surface area contributed by atoms with E-state index in [0.29, 0.717) is 12.1 Å². The second-order valence-corrected chi connectivity index (χ2v) is 7.55. The molecule has 0 aliphatic carbocycles. The van der Waals surface area contributed by atoms with Crippen LogP contribution >= 0.6 is 0 Å². The first-order valence-corrected chi connectivity index (χ1v) is 10.0. The van der Waals surface area contributed by atoms with E-state index in [2.05, 4.69) is 10.3 Å². The molecule has 3 aromatic rings. The van der Waals surface area contributed by atoms with Crippen LogP contribution in [0.15, 0.2) is 70.4 Å². The molecule has 1 amide bonds. The number of fused-ring (bicyclic) bond motifs is 1. The first-order chi connectivity index (χ1) is 14.9. The zero-order chi connectivity index (χ0) is 22.0. The maximum absolute atomic E-state index is 12.3. The number of aliphatic hydroxyl groups is 1. The number of hydrogen-bond acceptors (Lipinski definition) is 5. The predicted octanol–water partition coefficient (Wildman–Crippen LogP) is 1.52. The zero-order valence-electron chi connectivity index (χ0n) is 16.9. The van der Waals surface area contributed by atoms with Gasteiger partial charge in [0.15, 0.2) is 0 Å². The van der Waals surface area contributed by atoms with Crippen LogP contribution in [0, 0.1) is 6.92 Å². The normalized spacial score (nSPS) is 21.0. The second kappa shape index (κ2) is 8.71. The summed E-state index contributed by atoms with van der Waals surface area (Å²) in [5.74, 6) is -0.316. The van der Waals surface area contributed by atoms with Crippen molar-refractivity contribution in [3.05, 3.63) is 92.8 Å². The molecule has 3 atom stereocenters. The lowest BCUT2D eigenvalue weighted by Gasteiger charge is -2.14. The average molecular weight is 421 g/mol. The molecule has 0 bridgehead atoms. The zero-order valence-corrected chi connectivity index (χ0v) is 16.9. The molecule has 2 aromatic carbocycles. The highest BCUT2D eigenvalue weighted by Gasteiger charge is 2.34. The molecule has 31 heavy (non-hydrogen) atoms. The lowest BCUT2D eigenvalue weighted by Crippen LogP contribution is -2.33. The highest BCUT2D eigenvalue weighted by molar-refractivity contribution is 5.89. The minimum absolute atomic E-state index is 0.165. The summed E-state index contributed by atoms with van der Waals surface area (Å²) in [7, 11) is 0. The molecule has 8 heteroatoms. The van der Waals surface area contributed by atoms with Crippen molar-refractivity contribution in [2.24, 2.45) is 0 Å². The van der Waals surface area contributed by atoms with Gasteiger partial charge in [-0.3, -0.25) is 19.1 Å². The van der Waals surface area contributed by atoms with E-state index in [4.69, 9.17) is 4.74 Å². The van der Waals surface area contributed by atoms with Gasteiger partial charge in [0.1, 0.15) is 12.3 Å². The van der Waals surface area contributed by atoms with E-state index in [0.717, 1.165) is 16.3 Å². The van der Waals surface area contributed by atoms with Crippen molar-refractivity contribution in [3.8, 4) is 0 Å². The van der Waals surface area contributed by atoms with Crippen LogP contribution in [0.25, 0.3) is 10.8 Å². The SMILES string of the molecule is Cc1cn([C@H]2C[C@H](O)[C@@H](/C=C/C(=O)NCc3cccc4ccccc34)O2)c(=O)[nH]c1=O. The van der Waals surface area contributed by atoms with Crippen LogP contribution in [0.3, 0.4) is 0 Å². The molecule has 160 valence electrons. The van der Waals surface area contributed by atoms with Gasteiger partial charge < -0.3 is 15.2 Å². The van der Waals surface area contributed by atoms with Crippen LogP contribution in [0.5, 0.6) is 0 Å². The van der Waals surface area contributed by atoms with Gasteiger partial charge in [-0.2, -0.15) is 0 Å².